The van der Waals surface area contributed by atoms with Gasteiger partial charge in [-0.15, -0.1) is 0 Å². The quantitative estimate of drug-likeness (QED) is 0.260. The van der Waals surface area contributed by atoms with Gasteiger partial charge < -0.3 is 0 Å². The van der Waals surface area contributed by atoms with Gasteiger partial charge in [0.05, 0.1) is 16.8 Å². The maximum absolute atomic E-state index is 13.4. The van der Waals surface area contributed by atoms with Crippen LogP contribution in [0.15, 0.2) is 99.4 Å². The third kappa shape index (κ3) is 4.72. The molecule has 5 rings (SSSR count). The molecule has 0 atom stereocenters. The van der Waals surface area contributed by atoms with Crippen LogP contribution in [-0.4, -0.2) is 27.1 Å². The number of hydrogen-bond donors (Lipinski definition) is 1. The van der Waals surface area contributed by atoms with Gasteiger partial charge in [0.25, 0.3) is 15.9 Å². The normalized spacial score (nSPS) is 12.8. The number of carbonyl (C=O) groups is 1. The maximum Gasteiger partial charge on any atom is 0.264 e. The van der Waals surface area contributed by atoms with Gasteiger partial charge in [-0.05, 0) is 71.1 Å². The second-order valence-electron chi connectivity index (χ2n) is 8.25. The van der Waals surface area contributed by atoms with Crippen LogP contribution in [0, 0.1) is 0 Å². The zero-order valence-corrected chi connectivity index (χ0v) is 21.1. The molecule has 1 aliphatic rings. The molecule has 0 saturated heterocycles. The lowest BCUT2D eigenvalue weighted by atomic mass is 10.0. The lowest BCUT2D eigenvalue weighted by Gasteiger charge is -2.23. The lowest BCUT2D eigenvalue weighted by Crippen LogP contribution is -2.39. The average molecular weight is 548 g/mol. The van der Waals surface area contributed by atoms with Crippen LogP contribution in [0.1, 0.15) is 16.7 Å². The van der Waals surface area contributed by atoms with Crippen molar-refractivity contribution in [2.24, 2.45) is 5.10 Å². The average Bonchev–Trinajstić information content (AvgIpc) is 3.30. The summed E-state index contributed by atoms with van der Waals surface area (Å²) in [6, 6.07) is 25.1. The zero-order chi connectivity index (χ0) is 24.4. The number of hydrogen-bond acceptors (Lipinski definition) is 4. The van der Waals surface area contributed by atoms with Crippen molar-refractivity contribution in [1.82, 2.24) is 5.43 Å². The summed E-state index contributed by atoms with van der Waals surface area (Å²) < 4.78 is 28.6. The largest absolute Gasteiger partial charge is 0.271 e. The summed E-state index contributed by atoms with van der Waals surface area (Å²) >= 11 is 3.36. The van der Waals surface area contributed by atoms with Crippen molar-refractivity contribution in [1.29, 1.82) is 0 Å². The Kier molecular flexibility index (Phi) is 6.40. The monoisotopic (exact) mass is 547 g/mol. The van der Waals surface area contributed by atoms with Crippen LogP contribution < -0.4 is 9.73 Å². The van der Waals surface area contributed by atoms with Crippen molar-refractivity contribution in [3.63, 3.8) is 0 Å². The van der Waals surface area contributed by atoms with Crippen LogP contribution >= 0.6 is 15.9 Å². The molecular weight excluding hydrogens is 526 g/mol. The van der Waals surface area contributed by atoms with Crippen molar-refractivity contribution in [2.45, 2.75) is 17.7 Å². The Morgan fingerprint density at radius 1 is 0.914 bits per heavy atom. The second kappa shape index (κ2) is 9.64. The van der Waals surface area contributed by atoms with Gasteiger partial charge in [-0.3, -0.25) is 9.10 Å². The molecule has 0 unspecified atom stereocenters. The number of sulfonamides is 1. The summed E-state index contributed by atoms with van der Waals surface area (Å²) in [5.41, 5.74) is 6.42. The molecule has 0 saturated carbocycles. The van der Waals surface area contributed by atoms with Gasteiger partial charge in [0, 0.05) is 10.0 Å². The van der Waals surface area contributed by atoms with Crippen molar-refractivity contribution >= 4 is 54.5 Å². The van der Waals surface area contributed by atoms with Gasteiger partial charge in [0.15, 0.2) is 0 Å². The number of aryl methyl sites for hydroxylation is 2. The molecule has 176 valence electrons. The molecule has 0 aromatic heterocycles. The van der Waals surface area contributed by atoms with Gasteiger partial charge in [0.2, 0.25) is 0 Å². The molecule has 0 bridgehead atoms. The molecule has 1 amide bonds. The van der Waals surface area contributed by atoms with Gasteiger partial charge in [-0.1, -0.05) is 64.5 Å². The summed E-state index contributed by atoms with van der Waals surface area (Å²) in [6.07, 6.45) is 3.67. The Morgan fingerprint density at radius 2 is 1.63 bits per heavy atom. The molecule has 0 aliphatic heterocycles. The number of nitrogens with one attached hydrogen (secondary N) is 1. The highest BCUT2D eigenvalue weighted by Crippen LogP contribution is 2.32. The van der Waals surface area contributed by atoms with E-state index in [0.29, 0.717) is 5.69 Å². The Hall–Kier alpha value is -3.49. The number of halogens is 1. The van der Waals surface area contributed by atoms with E-state index < -0.39 is 22.5 Å². The topological polar surface area (TPSA) is 78.8 Å². The van der Waals surface area contributed by atoms with E-state index in [0.717, 1.165) is 32.6 Å². The smallest absolute Gasteiger partial charge is 0.264 e. The number of nitrogens with zero attached hydrogens (tertiary/aromatic N) is 2. The van der Waals surface area contributed by atoms with E-state index in [4.69, 9.17) is 0 Å². The number of carbonyl (C=O) groups excluding carboxylic acids is 1. The van der Waals surface area contributed by atoms with Gasteiger partial charge in [-0.2, -0.15) is 5.10 Å². The molecule has 0 heterocycles. The minimum absolute atomic E-state index is 0.104. The molecule has 8 heteroatoms. The van der Waals surface area contributed by atoms with Gasteiger partial charge >= 0.3 is 0 Å². The highest BCUT2D eigenvalue weighted by molar-refractivity contribution is 9.10. The fourth-order valence-corrected chi connectivity index (χ4v) is 6.07. The SMILES string of the molecule is O=C(CN(c1ccc(Br)cc1)S(=O)(=O)c1ccccc1)N/N=C\c1ccc2c3c(cccc13)CC2. The van der Waals surface area contributed by atoms with Crippen molar-refractivity contribution in [2.75, 3.05) is 10.8 Å². The summed E-state index contributed by atoms with van der Waals surface area (Å²) in [4.78, 5) is 12.9. The first kappa shape index (κ1) is 23.3. The van der Waals surface area contributed by atoms with Gasteiger partial charge in [0.1, 0.15) is 6.54 Å². The molecular formula is C27H22BrN3O3S. The molecule has 4 aromatic carbocycles. The Morgan fingerprint density at radius 3 is 2.37 bits per heavy atom. The van der Waals surface area contributed by atoms with Crippen LogP contribution in [0.25, 0.3) is 10.8 Å². The highest BCUT2D eigenvalue weighted by Gasteiger charge is 2.27. The van der Waals surface area contributed by atoms with E-state index in [9.17, 15) is 13.2 Å². The van der Waals surface area contributed by atoms with Crippen LogP contribution in [0.4, 0.5) is 5.69 Å². The molecule has 35 heavy (non-hydrogen) atoms. The van der Waals surface area contributed by atoms with E-state index in [1.54, 1.807) is 48.7 Å². The lowest BCUT2D eigenvalue weighted by molar-refractivity contribution is -0.119. The van der Waals surface area contributed by atoms with Crippen LogP contribution in [-0.2, 0) is 27.7 Å². The summed E-state index contributed by atoms with van der Waals surface area (Å²) in [5, 5.41) is 6.49. The fraction of sp³-hybridized carbons (Fsp3) is 0.111. The van der Waals surface area contributed by atoms with Crippen LogP contribution in [0.5, 0.6) is 0 Å². The summed E-state index contributed by atoms with van der Waals surface area (Å²) in [7, 11) is -3.97. The zero-order valence-electron chi connectivity index (χ0n) is 18.7. The van der Waals surface area contributed by atoms with E-state index in [-0.39, 0.29) is 4.90 Å². The number of amides is 1. The van der Waals surface area contributed by atoms with E-state index >= 15 is 0 Å². The van der Waals surface area contributed by atoms with Crippen LogP contribution in [0.2, 0.25) is 0 Å². The molecule has 1 aliphatic carbocycles. The third-order valence-corrected chi connectivity index (χ3v) is 8.35. The second-order valence-corrected chi connectivity index (χ2v) is 11.0. The highest BCUT2D eigenvalue weighted by atomic mass is 79.9. The molecule has 6 nitrogen and oxygen atoms in total. The summed E-state index contributed by atoms with van der Waals surface area (Å²) in [6.45, 7) is -0.417. The van der Waals surface area contributed by atoms with Crippen molar-refractivity contribution < 1.29 is 13.2 Å². The first-order valence-electron chi connectivity index (χ1n) is 11.1. The van der Waals surface area contributed by atoms with Crippen molar-refractivity contribution in [3.8, 4) is 0 Å². The maximum atomic E-state index is 13.4. The Balaban J connectivity index is 1.38. The molecule has 0 spiro atoms. The Bertz CT molecular complexity index is 1530. The van der Waals surface area contributed by atoms with E-state index in [1.807, 2.05) is 12.1 Å². The first-order chi connectivity index (χ1) is 16.9. The van der Waals surface area contributed by atoms with E-state index in [2.05, 4.69) is 44.7 Å². The third-order valence-electron chi connectivity index (χ3n) is 6.04. The Labute approximate surface area is 212 Å². The minimum Gasteiger partial charge on any atom is -0.271 e. The minimum atomic E-state index is -3.97. The molecule has 4 aromatic rings. The number of rotatable bonds is 7. The number of benzene rings is 4. The predicted molar refractivity (Wildman–Crippen MR) is 142 cm³/mol. The fourth-order valence-electron chi connectivity index (χ4n) is 4.36. The standard InChI is InChI=1S/C27H22BrN3O3S/c28-22-13-15-23(16-14-22)31(35(33,34)24-6-2-1-3-7-24)18-26(32)30-29-17-21-12-11-20-10-9-19-5-4-8-25(21)27(19)20/h1-8,11-17H,9-10,18H2,(H,30,32)/b29-17-. The first-order valence-corrected chi connectivity index (χ1v) is 13.4. The van der Waals surface area contributed by atoms with Crippen LogP contribution in [0.3, 0.4) is 0 Å². The molecule has 1 N–H and O–H groups in total. The van der Waals surface area contributed by atoms with E-state index in [1.165, 1.54) is 28.6 Å². The molecule has 0 radical (unpaired) electrons. The van der Waals surface area contributed by atoms with Gasteiger partial charge in [-0.25, -0.2) is 13.8 Å². The summed E-state index contributed by atoms with van der Waals surface area (Å²) in [5.74, 6) is -0.547. The number of anilines is 1. The van der Waals surface area contributed by atoms with Crippen molar-refractivity contribution in [3.05, 3.63) is 106 Å². The molecule has 0 fully saturated rings. The predicted octanol–water partition coefficient (Wildman–Crippen LogP) is 5.05. The number of hydrazone groups is 1.